The van der Waals surface area contributed by atoms with Crippen molar-refractivity contribution in [1.29, 1.82) is 0 Å². The average molecular weight is 402 g/mol. The summed E-state index contributed by atoms with van der Waals surface area (Å²) in [5.41, 5.74) is 1.21. The summed E-state index contributed by atoms with van der Waals surface area (Å²) in [6.07, 6.45) is 0. The number of hydrogen-bond acceptors (Lipinski definition) is 4. The molecule has 1 aromatic heterocycles. The molecule has 0 atom stereocenters. The van der Waals surface area contributed by atoms with Crippen molar-refractivity contribution < 1.29 is 23.0 Å². The molecule has 2 aromatic carbocycles. The van der Waals surface area contributed by atoms with Crippen LogP contribution in [0.25, 0.3) is 10.9 Å². The van der Waals surface area contributed by atoms with Crippen molar-refractivity contribution in [3.63, 3.8) is 0 Å². The van der Waals surface area contributed by atoms with Gasteiger partial charge < -0.3 is 18.9 Å². The van der Waals surface area contributed by atoms with Crippen molar-refractivity contribution >= 4 is 16.8 Å². The highest BCUT2D eigenvalue weighted by molar-refractivity contribution is 6.06. The highest BCUT2D eigenvalue weighted by Crippen LogP contribution is 2.30. The number of halogens is 2. The number of hydrogen-bond donors (Lipinski definition) is 0. The van der Waals surface area contributed by atoms with Gasteiger partial charge in [0.05, 0.1) is 18.2 Å². The van der Waals surface area contributed by atoms with Gasteiger partial charge in [-0.05, 0) is 23.8 Å². The van der Waals surface area contributed by atoms with Crippen LogP contribution in [0.15, 0.2) is 53.3 Å². The van der Waals surface area contributed by atoms with Gasteiger partial charge in [0.25, 0.3) is 11.5 Å². The van der Waals surface area contributed by atoms with E-state index in [0.29, 0.717) is 16.5 Å². The highest BCUT2D eigenvalue weighted by atomic mass is 19.3. The summed E-state index contributed by atoms with van der Waals surface area (Å²) in [6.45, 7) is -2.86. The second-order valence-electron chi connectivity index (χ2n) is 6.50. The first-order valence-corrected chi connectivity index (χ1v) is 8.77. The maximum Gasteiger partial charge on any atom is 0.387 e. The zero-order chi connectivity index (χ0) is 21.1. The number of methoxy groups -OCH3 is 1. The third-order valence-corrected chi connectivity index (χ3v) is 4.59. The monoisotopic (exact) mass is 402 g/mol. The smallest absolute Gasteiger partial charge is 0.387 e. The number of amides is 1. The van der Waals surface area contributed by atoms with E-state index in [1.165, 1.54) is 34.8 Å². The van der Waals surface area contributed by atoms with Gasteiger partial charge in [0.15, 0.2) is 11.5 Å². The Bertz CT molecular complexity index is 1110. The van der Waals surface area contributed by atoms with Crippen LogP contribution in [0.4, 0.5) is 8.78 Å². The van der Waals surface area contributed by atoms with E-state index in [2.05, 4.69) is 4.74 Å². The average Bonchev–Trinajstić information content (AvgIpc) is 2.70. The van der Waals surface area contributed by atoms with Crippen molar-refractivity contribution in [3.8, 4) is 11.5 Å². The van der Waals surface area contributed by atoms with Gasteiger partial charge >= 0.3 is 6.61 Å². The Morgan fingerprint density at radius 2 is 1.86 bits per heavy atom. The van der Waals surface area contributed by atoms with Crippen molar-refractivity contribution in [2.75, 3.05) is 14.2 Å². The van der Waals surface area contributed by atoms with Crippen LogP contribution in [0.3, 0.4) is 0 Å². The normalized spacial score (nSPS) is 11.0. The molecule has 1 amide bonds. The van der Waals surface area contributed by atoms with Crippen molar-refractivity contribution in [3.05, 3.63) is 70.0 Å². The minimum Gasteiger partial charge on any atom is -0.493 e. The lowest BCUT2D eigenvalue weighted by molar-refractivity contribution is -0.0512. The molecule has 0 saturated heterocycles. The minimum atomic E-state index is -2.99. The summed E-state index contributed by atoms with van der Waals surface area (Å²) in [5.74, 6) is -0.300. The molecular weight excluding hydrogens is 382 g/mol. The molecule has 0 radical (unpaired) electrons. The number of ether oxygens (including phenoxy) is 2. The number of benzene rings is 2. The van der Waals surface area contributed by atoms with Crippen LogP contribution in [0.2, 0.25) is 0 Å². The Labute approximate surface area is 165 Å². The lowest BCUT2D eigenvalue weighted by Crippen LogP contribution is -2.29. The van der Waals surface area contributed by atoms with E-state index >= 15 is 0 Å². The molecule has 0 saturated carbocycles. The number of alkyl halides is 2. The Kier molecular flexibility index (Phi) is 5.81. The lowest BCUT2D eigenvalue weighted by Gasteiger charge is -2.20. The first-order valence-electron chi connectivity index (χ1n) is 8.77. The van der Waals surface area contributed by atoms with E-state index in [9.17, 15) is 18.4 Å². The molecule has 3 aromatic rings. The van der Waals surface area contributed by atoms with Crippen molar-refractivity contribution in [2.24, 2.45) is 7.05 Å². The Morgan fingerprint density at radius 3 is 2.55 bits per heavy atom. The molecular formula is C21H20F2N2O4. The number of pyridine rings is 1. The largest absolute Gasteiger partial charge is 0.493 e. The molecule has 0 fully saturated rings. The summed E-state index contributed by atoms with van der Waals surface area (Å²) in [4.78, 5) is 26.7. The molecule has 29 heavy (non-hydrogen) atoms. The first-order chi connectivity index (χ1) is 13.8. The molecule has 8 heteroatoms. The summed E-state index contributed by atoms with van der Waals surface area (Å²) < 4.78 is 36.2. The number of aromatic nitrogens is 1. The second kappa shape index (κ2) is 8.30. The fourth-order valence-electron chi connectivity index (χ4n) is 3.15. The number of rotatable bonds is 6. The Hall–Kier alpha value is -3.42. The molecule has 0 aliphatic rings. The van der Waals surface area contributed by atoms with E-state index in [4.69, 9.17) is 4.74 Å². The summed E-state index contributed by atoms with van der Waals surface area (Å²) in [5, 5.41) is 0.655. The molecule has 0 unspecified atom stereocenters. The summed E-state index contributed by atoms with van der Waals surface area (Å²) in [6, 6.07) is 13.0. The van der Waals surface area contributed by atoms with Gasteiger partial charge in [-0.25, -0.2) is 0 Å². The van der Waals surface area contributed by atoms with Gasteiger partial charge in [0.1, 0.15) is 0 Å². The summed E-state index contributed by atoms with van der Waals surface area (Å²) >= 11 is 0. The minimum absolute atomic E-state index is 0.111. The Morgan fingerprint density at radius 1 is 1.14 bits per heavy atom. The maximum atomic E-state index is 13.0. The fraction of sp³-hybridized carbons (Fsp3) is 0.238. The van der Waals surface area contributed by atoms with E-state index in [0.717, 1.165) is 0 Å². The zero-order valence-corrected chi connectivity index (χ0v) is 16.2. The topological polar surface area (TPSA) is 60.8 Å². The van der Waals surface area contributed by atoms with Crippen LogP contribution in [-0.4, -0.2) is 36.1 Å². The lowest BCUT2D eigenvalue weighted by atomic mass is 10.1. The predicted octanol–water partition coefficient (Wildman–Crippen LogP) is 3.42. The molecule has 0 N–H and O–H groups in total. The highest BCUT2D eigenvalue weighted by Gasteiger charge is 2.18. The summed E-state index contributed by atoms with van der Waals surface area (Å²) in [7, 11) is 4.57. The molecule has 0 bridgehead atoms. The van der Waals surface area contributed by atoms with Gasteiger partial charge in [0, 0.05) is 32.1 Å². The number of carbonyl (C=O) groups is 1. The van der Waals surface area contributed by atoms with Gasteiger partial charge in [-0.1, -0.05) is 24.3 Å². The van der Waals surface area contributed by atoms with Crippen LogP contribution >= 0.6 is 0 Å². The fourth-order valence-corrected chi connectivity index (χ4v) is 3.15. The molecule has 0 aliphatic heterocycles. The molecule has 0 aliphatic carbocycles. The van der Waals surface area contributed by atoms with Crippen LogP contribution in [0.1, 0.15) is 15.9 Å². The molecule has 6 nitrogen and oxygen atoms in total. The van der Waals surface area contributed by atoms with E-state index in [-0.39, 0.29) is 35.1 Å². The van der Waals surface area contributed by atoms with Crippen LogP contribution in [-0.2, 0) is 13.6 Å². The van der Waals surface area contributed by atoms with E-state index < -0.39 is 6.61 Å². The standard InChI is InChI=1S/C21H20F2N2O4/c1-24(12-13-8-9-17(28-3)18(10-13)29-21(22)23)20(27)15-11-19(26)25(2)16-7-5-4-6-14(15)16/h4-11,21H,12H2,1-3H3. The van der Waals surface area contributed by atoms with Crippen LogP contribution < -0.4 is 15.0 Å². The zero-order valence-electron chi connectivity index (χ0n) is 16.2. The molecule has 152 valence electrons. The molecule has 0 spiro atoms. The van der Waals surface area contributed by atoms with Gasteiger partial charge in [-0.2, -0.15) is 8.78 Å². The SMILES string of the molecule is COc1ccc(CN(C)C(=O)c2cc(=O)n(C)c3ccccc23)cc1OC(F)F. The number of fused-ring (bicyclic) bond motifs is 1. The van der Waals surface area contributed by atoms with Crippen LogP contribution in [0, 0.1) is 0 Å². The van der Waals surface area contributed by atoms with E-state index in [1.807, 2.05) is 0 Å². The van der Waals surface area contributed by atoms with Crippen molar-refractivity contribution in [2.45, 2.75) is 13.2 Å². The maximum absolute atomic E-state index is 13.0. The van der Waals surface area contributed by atoms with Gasteiger partial charge in [0.2, 0.25) is 0 Å². The predicted molar refractivity (Wildman–Crippen MR) is 105 cm³/mol. The quantitative estimate of drug-likeness (QED) is 0.634. The van der Waals surface area contributed by atoms with Gasteiger partial charge in [-0.3, -0.25) is 9.59 Å². The first kappa shape index (κ1) is 20.3. The van der Waals surface area contributed by atoms with Crippen LogP contribution in [0.5, 0.6) is 11.5 Å². The number of carbonyl (C=O) groups excluding carboxylic acids is 1. The number of nitrogens with zero attached hydrogens (tertiary/aromatic N) is 2. The number of aryl methyl sites for hydroxylation is 1. The van der Waals surface area contributed by atoms with Gasteiger partial charge in [-0.15, -0.1) is 0 Å². The third kappa shape index (κ3) is 4.21. The molecule has 3 rings (SSSR count). The van der Waals surface area contributed by atoms with Crippen molar-refractivity contribution in [1.82, 2.24) is 9.47 Å². The molecule has 1 heterocycles. The second-order valence-corrected chi connectivity index (χ2v) is 6.50. The Balaban J connectivity index is 1.92. The third-order valence-electron chi connectivity index (χ3n) is 4.59. The van der Waals surface area contributed by atoms with E-state index in [1.54, 1.807) is 44.4 Å². The number of para-hydroxylation sites is 1.